The summed E-state index contributed by atoms with van der Waals surface area (Å²) in [6.45, 7) is 1.72. The number of nitrogens with zero attached hydrogens (tertiary/aromatic N) is 1. The summed E-state index contributed by atoms with van der Waals surface area (Å²) >= 11 is 0. The van der Waals surface area contributed by atoms with Crippen molar-refractivity contribution in [2.24, 2.45) is 29.1 Å². The van der Waals surface area contributed by atoms with Crippen LogP contribution >= 0.6 is 0 Å². The van der Waals surface area contributed by atoms with Crippen LogP contribution in [0.2, 0.25) is 0 Å². The highest BCUT2D eigenvalue weighted by atomic mass is 19.1. The molecule has 8 heteroatoms. The number of nitrogens with one attached hydrogen (secondary N) is 3. The zero-order valence-electron chi connectivity index (χ0n) is 20.4. The number of likely N-dealkylation sites (tertiary alicyclic amines) is 1. The first-order valence-electron chi connectivity index (χ1n) is 13.2. The van der Waals surface area contributed by atoms with Crippen LogP contribution in [0.15, 0.2) is 24.3 Å². The van der Waals surface area contributed by atoms with E-state index >= 15 is 0 Å². The molecular formula is C27H37FN4O3. The molecule has 35 heavy (non-hydrogen) atoms. The lowest BCUT2D eigenvalue weighted by molar-refractivity contribution is -0.136. The van der Waals surface area contributed by atoms with Crippen molar-refractivity contribution in [3.63, 3.8) is 0 Å². The van der Waals surface area contributed by atoms with Gasteiger partial charge in [-0.25, -0.2) is 9.18 Å². The second kappa shape index (κ2) is 10.2. The molecule has 4 bridgehead atoms. The summed E-state index contributed by atoms with van der Waals surface area (Å²) in [5.74, 6) is 2.13. The number of benzene rings is 1. The van der Waals surface area contributed by atoms with Gasteiger partial charge in [0.05, 0.1) is 6.54 Å². The van der Waals surface area contributed by atoms with Crippen molar-refractivity contribution < 1.29 is 18.8 Å². The normalized spacial score (nSPS) is 31.2. The van der Waals surface area contributed by atoms with Crippen LogP contribution in [0.1, 0.15) is 57.8 Å². The Labute approximate surface area is 206 Å². The molecule has 1 aromatic rings. The van der Waals surface area contributed by atoms with E-state index in [4.69, 9.17) is 0 Å². The zero-order chi connectivity index (χ0) is 24.4. The molecule has 4 saturated carbocycles. The molecule has 4 aliphatic carbocycles. The molecule has 1 heterocycles. The first-order chi connectivity index (χ1) is 16.9. The van der Waals surface area contributed by atoms with Crippen molar-refractivity contribution in [3.05, 3.63) is 30.1 Å². The fourth-order valence-corrected chi connectivity index (χ4v) is 7.63. The van der Waals surface area contributed by atoms with E-state index in [0.29, 0.717) is 31.7 Å². The minimum atomic E-state index is -0.408. The van der Waals surface area contributed by atoms with Gasteiger partial charge in [-0.2, -0.15) is 0 Å². The summed E-state index contributed by atoms with van der Waals surface area (Å²) in [6.07, 6.45) is 9.99. The van der Waals surface area contributed by atoms with Gasteiger partial charge in [-0.1, -0.05) is 6.07 Å². The predicted molar refractivity (Wildman–Crippen MR) is 131 cm³/mol. The molecule has 7 nitrogen and oxygen atoms in total. The van der Waals surface area contributed by atoms with Crippen LogP contribution in [-0.2, 0) is 9.59 Å². The number of carbonyl (C=O) groups excluding carboxylic acids is 3. The van der Waals surface area contributed by atoms with Crippen molar-refractivity contribution in [2.45, 2.75) is 57.8 Å². The van der Waals surface area contributed by atoms with Crippen LogP contribution in [0.5, 0.6) is 0 Å². The van der Waals surface area contributed by atoms with Crippen LogP contribution in [0.4, 0.5) is 14.9 Å². The third-order valence-corrected chi connectivity index (χ3v) is 8.64. The molecule has 1 unspecified atom stereocenters. The van der Waals surface area contributed by atoms with Gasteiger partial charge in [0, 0.05) is 31.7 Å². The number of anilines is 1. The average molecular weight is 485 g/mol. The molecule has 5 fully saturated rings. The highest BCUT2D eigenvalue weighted by molar-refractivity contribution is 5.89. The van der Waals surface area contributed by atoms with Gasteiger partial charge in [0.15, 0.2) is 0 Å². The SMILES string of the molecule is O=C(CC12CC3CC(CC(C3)C1)C2)NCC(=O)N1CCCC(CNC(=O)Nc2cccc(F)c2)C1. The Morgan fingerprint density at radius 1 is 1.03 bits per heavy atom. The molecule has 0 radical (unpaired) electrons. The first kappa shape index (κ1) is 24.1. The highest BCUT2D eigenvalue weighted by Gasteiger charge is 2.51. The van der Waals surface area contributed by atoms with E-state index in [9.17, 15) is 18.8 Å². The minimum Gasteiger partial charge on any atom is -0.347 e. The lowest BCUT2D eigenvalue weighted by Crippen LogP contribution is -2.50. The Balaban J connectivity index is 1.03. The van der Waals surface area contributed by atoms with Gasteiger partial charge in [-0.15, -0.1) is 0 Å². The van der Waals surface area contributed by atoms with Crippen molar-refractivity contribution in [1.82, 2.24) is 15.5 Å². The van der Waals surface area contributed by atoms with Crippen molar-refractivity contribution >= 4 is 23.5 Å². The molecule has 190 valence electrons. The van der Waals surface area contributed by atoms with E-state index in [2.05, 4.69) is 16.0 Å². The van der Waals surface area contributed by atoms with E-state index in [-0.39, 0.29) is 29.7 Å². The summed E-state index contributed by atoms with van der Waals surface area (Å²) in [4.78, 5) is 39.5. The number of rotatable bonds is 7. The lowest BCUT2D eigenvalue weighted by atomic mass is 9.49. The van der Waals surface area contributed by atoms with Crippen LogP contribution < -0.4 is 16.0 Å². The quantitative estimate of drug-likeness (QED) is 0.548. The topological polar surface area (TPSA) is 90.5 Å². The number of urea groups is 1. The van der Waals surface area contributed by atoms with Gasteiger partial charge in [0.1, 0.15) is 5.82 Å². The molecule has 1 saturated heterocycles. The lowest BCUT2D eigenvalue weighted by Gasteiger charge is -2.56. The van der Waals surface area contributed by atoms with Crippen molar-refractivity contribution in [3.8, 4) is 0 Å². The molecule has 0 spiro atoms. The Bertz CT molecular complexity index is 932. The molecule has 6 rings (SSSR count). The summed E-state index contributed by atoms with van der Waals surface area (Å²) in [6, 6.07) is 5.36. The van der Waals surface area contributed by atoms with E-state index in [0.717, 1.165) is 30.6 Å². The smallest absolute Gasteiger partial charge is 0.319 e. The fraction of sp³-hybridized carbons (Fsp3) is 0.667. The fourth-order valence-electron chi connectivity index (χ4n) is 7.63. The molecule has 1 atom stereocenters. The third kappa shape index (κ3) is 5.96. The summed E-state index contributed by atoms with van der Waals surface area (Å²) in [7, 11) is 0. The maximum absolute atomic E-state index is 13.3. The third-order valence-electron chi connectivity index (χ3n) is 8.64. The maximum Gasteiger partial charge on any atom is 0.319 e. The zero-order valence-corrected chi connectivity index (χ0v) is 20.4. The average Bonchev–Trinajstić information content (AvgIpc) is 2.80. The number of hydrogen-bond acceptors (Lipinski definition) is 3. The van der Waals surface area contributed by atoms with E-state index in [1.54, 1.807) is 11.0 Å². The number of piperidine rings is 1. The minimum absolute atomic E-state index is 0.0181. The van der Waals surface area contributed by atoms with Gasteiger partial charge in [0.25, 0.3) is 0 Å². The molecule has 1 aromatic carbocycles. The molecule has 1 aliphatic heterocycles. The van der Waals surface area contributed by atoms with Crippen LogP contribution in [0.3, 0.4) is 0 Å². The Morgan fingerprint density at radius 2 is 1.74 bits per heavy atom. The Kier molecular flexibility index (Phi) is 6.98. The largest absolute Gasteiger partial charge is 0.347 e. The molecular weight excluding hydrogens is 447 g/mol. The second-order valence-corrected chi connectivity index (χ2v) is 11.6. The monoisotopic (exact) mass is 484 g/mol. The van der Waals surface area contributed by atoms with Gasteiger partial charge in [-0.05, 0) is 98.7 Å². The van der Waals surface area contributed by atoms with Crippen LogP contribution in [-0.4, -0.2) is 48.9 Å². The number of hydrogen-bond donors (Lipinski definition) is 3. The van der Waals surface area contributed by atoms with Gasteiger partial charge < -0.3 is 20.9 Å². The van der Waals surface area contributed by atoms with Crippen molar-refractivity contribution in [2.75, 3.05) is 31.5 Å². The van der Waals surface area contributed by atoms with Gasteiger partial charge >= 0.3 is 6.03 Å². The van der Waals surface area contributed by atoms with E-state index in [1.165, 1.54) is 56.7 Å². The number of halogens is 1. The van der Waals surface area contributed by atoms with Gasteiger partial charge in [-0.3, -0.25) is 9.59 Å². The Morgan fingerprint density at radius 3 is 2.43 bits per heavy atom. The van der Waals surface area contributed by atoms with Gasteiger partial charge in [0.2, 0.25) is 11.8 Å². The van der Waals surface area contributed by atoms with E-state index < -0.39 is 11.8 Å². The van der Waals surface area contributed by atoms with Crippen LogP contribution in [0.25, 0.3) is 0 Å². The molecule has 3 N–H and O–H groups in total. The summed E-state index contributed by atoms with van der Waals surface area (Å²) in [5, 5.41) is 8.36. The predicted octanol–water partition coefficient (Wildman–Crippen LogP) is 3.91. The second-order valence-electron chi connectivity index (χ2n) is 11.6. The highest BCUT2D eigenvalue weighted by Crippen LogP contribution is 2.61. The summed E-state index contributed by atoms with van der Waals surface area (Å²) in [5.41, 5.74) is 0.572. The maximum atomic E-state index is 13.3. The summed E-state index contributed by atoms with van der Waals surface area (Å²) < 4.78 is 13.3. The van der Waals surface area contributed by atoms with Crippen LogP contribution in [0, 0.1) is 34.9 Å². The number of carbonyl (C=O) groups is 3. The van der Waals surface area contributed by atoms with Crippen molar-refractivity contribution in [1.29, 1.82) is 0 Å². The number of amides is 4. The molecule has 4 amide bonds. The Hall–Kier alpha value is -2.64. The molecule has 0 aromatic heterocycles. The molecule has 5 aliphatic rings. The first-order valence-corrected chi connectivity index (χ1v) is 13.2. The van der Waals surface area contributed by atoms with E-state index in [1.807, 2.05) is 0 Å². The standard InChI is InChI=1S/C27H37FN4O3/c28-22-4-1-5-23(10-22)31-26(35)30-15-18-3-2-6-32(17-18)25(34)16-29-24(33)14-27-11-19-7-20(12-27)9-21(8-19)13-27/h1,4-5,10,18-21H,2-3,6-9,11-17H2,(H,29,33)(H2,30,31,35).